The molecule has 1 saturated heterocycles. The van der Waals surface area contributed by atoms with Crippen molar-refractivity contribution in [2.24, 2.45) is 5.41 Å². The average molecular weight is 255 g/mol. The Hall–Kier alpha value is -0.120. The van der Waals surface area contributed by atoms with Gasteiger partial charge in [-0.05, 0) is 25.7 Å². The summed E-state index contributed by atoms with van der Waals surface area (Å²) in [5.74, 6) is 0. The number of nitrogens with zero attached hydrogens (tertiary/aromatic N) is 1. The van der Waals surface area contributed by atoms with Gasteiger partial charge in [-0.2, -0.15) is 0 Å². The molecule has 2 rings (SSSR count). The summed E-state index contributed by atoms with van der Waals surface area (Å²) < 4.78 is 11.6. The van der Waals surface area contributed by atoms with E-state index in [1.165, 1.54) is 32.2 Å². The lowest BCUT2D eigenvalue weighted by Crippen LogP contribution is -2.41. The number of rotatable bonds is 8. The number of hydrogen-bond donors (Lipinski definition) is 0. The molecule has 106 valence electrons. The van der Waals surface area contributed by atoms with Crippen LogP contribution < -0.4 is 0 Å². The van der Waals surface area contributed by atoms with E-state index >= 15 is 0 Å². The third-order valence-electron chi connectivity index (χ3n) is 4.31. The van der Waals surface area contributed by atoms with Crippen LogP contribution in [0, 0.1) is 5.41 Å². The van der Waals surface area contributed by atoms with E-state index in [4.69, 9.17) is 9.47 Å². The normalized spacial score (nSPS) is 25.0. The molecule has 3 nitrogen and oxygen atoms in total. The van der Waals surface area contributed by atoms with Crippen LogP contribution >= 0.6 is 0 Å². The largest absolute Gasteiger partial charge is 0.379 e. The quantitative estimate of drug-likeness (QED) is 0.665. The molecule has 1 unspecified atom stereocenters. The highest BCUT2D eigenvalue weighted by Crippen LogP contribution is 2.46. The van der Waals surface area contributed by atoms with Crippen molar-refractivity contribution in [3.8, 4) is 0 Å². The second-order valence-electron chi connectivity index (χ2n) is 6.02. The minimum Gasteiger partial charge on any atom is -0.379 e. The maximum Gasteiger partial charge on any atom is 0.0594 e. The molecular formula is C15H29NO2. The smallest absolute Gasteiger partial charge is 0.0594 e. The molecule has 1 heterocycles. The van der Waals surface area contributed by atoms with Gasteiger partial charge >= 0.3 is 0 Å². The highest BCUT2D eigenvalue weighted by molar-refractivity contribution is 4.96. The summed E-state index contributed by atoms with van der Waals surface area (Å²) in [6.07, 6.45) is 6.79. The first-order valence-electron chi connectivity index (χ1n) is 7.70. The van der Waals surface area contributed by atoms with Crippen LogP contribution in [0.3, 0.4) is 0 Å². The Morgan fingerprint density at radius 2 is 1.94 bits per heavy atom. The first-order valence-corrected chi connectivity index (χ1v) is 7.70. The van der Waals surface area contributed by atoms with E-state index in [0.717, 1.165) is 39.3 Å². The molecule has 1 atom stereocenters. The Morgan fingerprint density at radius 1 is 1.22 bits per heavy atom. The van der Waals surface area contributed by atoms with Gasteiger partial charge in [-0.15, -0.1) is 0 Å². The molecule has 0 amide bonds. The summed E-state index contributed by atoms with van der Waals surface area (Å²) >= 11 is 0. The van der Waals surface area contributed by atoms with Crippen LogP contribution in [0.4, 0.5) is 0 Å². The lowest BCUT2D eigenvalue weighted by molar-refractivity contribution is -0.0121. The second-order valence-corrected chi connectivity index (χ2v) is 6.02. The SMILES string of the molecule is CCCC(CC)OCC1(CN2CCOCC2)CC1. The fourth-order valence-electron chi connectivity index (χ4n) is 2.78. The summed E-state index contributed by atoms with van der Waals surface area (Å²) in [6, 6.07) is 0. The molecule has 2 fully saturated rings. The summed E-state index contributed by atoms with van der Waals surface area (Å²) in [5.41, 5.74) is 0.485. The fourth-order valence-corrected chi connectivity index (χ4v) is 2.78. The van der Waals surface area contributed by atoms with Crippen molar-refractivity contribution in [3.63, 3.8) is 0 Å². The Kier molecular flexibility index (Phi) is 5.46. The third kappa shape index (κ3) is 4.22. The predicted molar refractivity (Wildman–Crippen MR) is 73.9 cm³/mol. The maximum absolute atomic E-state index is 6.14. The van der Waals surface area contributed by atoms with Crippen molar-refractivity contribution in [2.45, 2.75) is 52.1 Å². The van der Waals surface area contributed by atoms with Crippen molar-refractivity contribution >= 4 is 0 Å². The molecule has 3 heteroatoms. The molecule has 0 aromatic rings. The van der Waals surface area contributed by atoms with Crippen molar-refractivity contribution < 1.29 is 9.47 Å². The van der Waals surface area contributed by atoms with Gasteiger partial charge in [0.15, 0.2) is 0 Å². The number of morpholine rings is 1. The molecule has 2 aliphatic rings. The standard InChI is InChI=1S/C15H29NO2/c1-3-5-14(4-2)18-13-15(6-7-15)12-16-8-10-17-11-9-16/h14H,3-13H2,1-2H3. The van der Waals surface area contributed by atoms with Crippen LogP contribution in [0.15, 0.2) is 0 Å². The summed E-state index contributed by atoms with van der Waals surface area (Å²) in [6.45, 7) is 10.7. The van der Waals surface area contributed by atoms with Gasteiger partial charge in [0.05, 0.1) is 25.9 Å². The minimum atomic E-state index is 0.483. The Balaban J connectivity index is 1.70. The minimum absolute atomic E-state index is 0.483. The molecule has 0 spiro atoms. The zero-order valence-corrected chi connectivity index (χ0v) is 12.1. The van der Waals surface area contributed by atoms with Crippen LogP contribution in [0.1, 0.15) is 46.0 Å². The summed E-state index contributed by atoms with van der Waals surface area (Å²) in [4.78, 5) is 2.56. The van der Waals surface area contributed by atoms with Crippen LogP contribution in [0.25, 0.3) is 0 Å². The van der Waals surface area contributed by atoms with E-state index in [1.54, 1.807) is 0 Å². The molecule has 0 aromatic heterocycles. The molecule has 0 aromatic carbocycles. The van der Waals surface area contributed by atoms with Crippen LogP contribution in [0.2, 0.25) is 0 Å². The first kappa shape index (κ1) is 14.3. The molecule has 1 saturated carbocycles. The van der Waals surface area contributed by atoms with Gasteiger partial charge in [0.25, 0.3) is 0 Å². The topological polar surface area (TPSA) is 21.7 Å². The lowest BCUT2D eigenvalue weighted by atomic mass is 10.1. The lowest BCUT2D eigenvalue weighted by Gasteiger charge is -2.31. The van der Waals surface area contributed by atoms with E-state index < -0.39 is 0 Å². The average Bonchev–Trinajstić information content (AvgIpc) is 3.16. The van der Waals surface area contributed by atoms with Gasteiger partial charge in [-0.25, -0.2) is 0 Å². The van der Waals surface area contributed by atoms with Gasteiger partial charge in [-0.3, -0.25) is 4.90 Å². The van der Waals surface area contributed by atoms with E-state index in [1.807, 2.05) is 0 Å². The van der Waals surface area contributed by atoms with E-state index in [0.29, 0.717) is 11.5 Å². The molecule has 18 heavy (non-hydrogen) atoms. The van der Waals surface area contributed by atoms with Gasteiger partial charge in [0.1, 0.15) is 0 Å². The van der Waals surface area contributed by atoms with E-state index in [2.05, 4.69) is 18.7 Å². The zero-order valence-electron chi connectivity index (χ0n) is 12.1. The third-order valence-corrected chi connectivity index (χ3v) is 4.31. The summed E-state index contributed by atoms with van der Waals surface area (Å²) in [5, 5.41) is 0. The van der Waals surface area contributed by atoms with E-state index in [-0.39, 0.29) is 0 Å². The fraction of sp³-hybridized carbons (Fsp3) is 1.00. The highest BCUT2D eigenvalue weighted by Gasteiger charge is 2.44. The zero-order chi connectivity index (χ0) is 12.8. The maximum atomic E-state index is 6.14. The van der Waals surface area contributed by atoms with Gasteiger partial charge in [0, 0.05) is 25.0 Å². The van der Waals surface area contributed by atoms with Crippen LogP contribution in [-0.4, -0.2) is 50.5 Å². The monoisotopic (exact) mass is 255 g/mol. The molecular weight excluding hydrogens is 226 g/mol. The Morgan fingerprint density at radius 3 is 2.50 bits per heavy atom. The van der Waals surface area contributed by atoms with Crippen molar-refractivity contribution in [1.82, 2.24) is 4.90 Å². The molecule has 1 aliphatic carbocycles. The van der Waals surface area contributed by atoms with Gasteiger partial charge < -0.3 is 9.47 Å². The Bertz CT molecular complexity index is 235. The molecule has 0 radical (unpaired) electrons. The Labute approximate surface area is 112 Å². The first-order chi connectivity index (χ1) is 8.78. The summed E-state index contributed by atoms with van der Waals surface area (Å²) in [7, 11) is 0. The van der Waals surface area contributed by atoms with Crippen LogP contribution in [0.5, 0.6) is 0 Å². The highest BCUT2D eigenvalue weighted by atomic mass is 16.5. The number of ether oxygens (including phenoxy) is 2. The van der Waals surface area contributed by atoms with Crippen molar-refractivity contribution in [2.75, 3.05) is 39.5 Å². The second kappa shape index (κ2) is 6.88. The van der Waals surface area contributed by atoms with E-state index in [9.17, 15) is 0 Å². The van der Waals surface area contributed by atoms with Gasteiger partial charge in [-0.1, -0.05) is 20.3 Å². The predicted octanol–water partition coefficient (Wildman–Crippen LogP) is 2.69. The van der Waals surface area contributed by atoms with Crippen LogP contribution in [-0.2, 0) is 9.47 Å². The number of hydrogen-bond acceptors (Lipinski definition) is 3. The molecule has 0 N–H and O–H groups in total. The molecule has 1 aliphatic heterocycles. The van der Waals surface area contributed by atoms with Gasteiger partial charge in [0.2, 0.25) is 0 Å². The molecule has 0 bridgehead atoms. The van der Waals surface area contributed by atoms with Crippen molar-refractivity contribution in [1.29, 1.82) is 0 Å². The van der Waals surface area contributed by atoms with Crippen molar-refractivity contribution in [3.05, 3.63) is 0 Å².